The van der Waals surface area contributed by atoms with Crippen LogP contribution >= 0.6 is 11.3 Å². The minimum Gasteiger partial charge on any atom is -0.335 e. The Kier molecular flexibility index (Phi) is 3.14. The fraction of sp³-hybridized carbons (Fsp3) is 0.429. The molecule has 4 nitrogen and oxygen atoms in total. The van der Waals surface area contributed by atoms with Gasteiger partial charge in [-0.2, -0.15) is 0 Å². The molecule has 0 atom stereocenters. The van der Waals surface area contributed by atoms with E-state index in [1.54, 1.807) is 16.2 Å². The van der Waals surface area contributed by atoms with E-state index in [1.807, 2.05) is 13.2 Å². The van der Waals surface area contributed by atoms with Crippen molar-refractivity contribution in [3.8, 4) is 0 Å². The van der Waals surface area contributed by atoms with Gasteiger partial charge in [-0.15, -0.1) is 11.3 Å². The Morgan fingerprint density at radius 3 is 3.05 bits per heavy atom. The highest BCUT2D eigenvalue weighted by Crippen LogP contribution is 2.19. The van der Waals surface area contributed by atoms with Crippen LogP contribution in [-0.4, -0.2) is 27.4 Å². The van der Waals surface area contributed by atoms with Gasteiger partial charge >= 0.3 is 0 Å². The number of hydrogen-bond donors (Lipinski definition) is 0. The lowest BCUT2D eigenvalue weighted by molar-refractivity contribution is 0.0781. The van der Waals surface area contributed by atoms with Crippen LogP contribution in [0.5, 0.6) is 0 Å². The Morgan fingerprint density at radius 2 is 2.37 bits per heavy atom. The summed E-state index contributed by atoms with van der Waals surface area (Å²) in [6, 6.07) is 4.17. The topological polar surface area (TPSA) is 38.1 Å². The monoisotopic (exact) mass is 275 g/mol. The molecule has 1 amide bonds. The van der Waals surface area contributed by atoms with Crippen molar-refractivity contribution in [2.45, 2.75) is 32.9 Å². The maximum absolute atomic E-state index is 12.3. The van der Waals surface area contributed by atoms with Crippen molar-refractivity contribution >= 4 is 17.2 Å². The van der Waals surface area contributed by atoms with Gasteiger partial charge in [0.25, 0.3) is 5.91 Å². The van der Waals surface area contributed by atoms with Gasteiger partial charge in [-0.1, -0.05) is 0 Å². The number of hydrogen-bond acceptors (Lipinski definition) is 3. The SMILES string of the molecule is Cc1ccc(CN(C)C(=O)c2cn3c(n2)CCC3)s1. The van der Waals surface area contributed by atoms with Crippen molar-refractivity contribution in [1.82, 2.24) is 14.5 Å². The number of rotatable bonds is 3. The van der Waals surface area contributed by atoms with Crippen molar-refractivity contribution in [3.63, 3.8) is 0 Å². The number of fused-ring (bicyclic) bond motifs is 1. The quantitative estimate of drug-likeness (QED) is 0.863. The van der Waals surface area contributed by atoms with Crippen LogP contribution in [0.2, 0.25) is 0 Å². The summed E-state index contributed by atoms with van der Waals surface area (Å²) in [5, 5.41) is 0. The minimum absolute atomic E-state index is 0.00736. The van der Waals surface area contributed by atoms with Gasteiger partial charge in [0.1, 0.15) is 11.5 Å². The van der Waals surface area contributed by atoms with Gasteiger partial charge in [0.15, 0.2) is 0 Å². The number of aryl methyl sites for hydroxylation is 3. The molecular formula is C14H17N3OS. The van der Waals surface area contributed by atoms with Gasteiger partial charge in [0, 0.05) is 36.0 Å². The molecule has 2 aromatic rings. The molecule has 100 valence electrons. The highest BCUT2D eigenvalue weighted by atomic mass is 32.1. The highest BCUT2D eigenvalue weighted by molar-refractivity contribution is 7.11. The van der Waals surface area contributed by atoms with E-state index in [2.05, 4.69) is 28.6 Å². The number of thiophene rings is 1. The molecule has 1 aliphatic heterocycles. The molecule has 2 aromatic heterocycles. The maximum atomic E-state index is 12.3. The largest absolute Gasteiger partial charge is 0.335 e. The summed E-state index contributed by atoms with van der Waals surface area (Å²) in [4.78, 5) is 21.0. The van der Waals surface area contributed by atoms with E-state index in [1.165, 1.54) is 9.75 Å². The number of amides is 1. The average Bonchev–Trinajstić information content (AvgIpc) is 3.03. The van der Waals surface area contributed by atoms with E-state index in [-0.39, 0.29) is 5.91 Å². The Balaban J connectivity index is 1.72. The number of nitrogens with zero attached hydrogens (tertiary/aromatic N) is 3. The predicted octanol–water partition coefficient (Wildman–Crippen LogP) is 2.47. The zero-order valence-electron chi connectivity index (χ0n) is 11.2. The molecule has 0 aromatic carbocycles. The molecule has 19 heavy (non-hydrogen) atoms. The lowest BCUT2D eigenvalue weighted by Gasteiger charge is -2.14. The fourth-order valence-electron chi connectivity index (χ4n) is 2.43. The smallest absolute Gasteiger partial charge is 0.274 e. The number of carbonyl (C=O) groups excluding carboxylic acids is 1. The van der Waals surface area contributed by atoms with Gasteiger partial charge in [-0.05, 0) is 25.5 Å². The van der Waals surface area contributed by atoms with Crippen molar-refractivity contribution in [2.24, 2.45) is 0 Å². The first-order chi connectivity index (χ1) is 9.13. The molecule has 5 heteroatoms. The van der Waals surface area contributed by atoms with Gasteiger partial charge in [0.2, 0.25) is 0 Å². The maximum Gasteiger partial charge on any atom is 0.274 e. The molecule has 0 saturated carbocycles. The summed E-state index contributed by atoms with van der Waals surface area (Å²) in [7, 11) is 1.84. The normalized spacial score (nSPS) is 13.6. The molecule has 0 unspecified atom stereocenters. The molecule has 0 bridgehead atoms. The summed E-state index contributed by atoms with van der Waals surface area (Å²) in [5.41, 5.74) is 0.575. The average molecular weight is 275 g/mol. The number of imidazole rings is 1. The second-order valence-corrected chi connectivity index (χ2v) is 6.39. The van der Waals surface area contributed by atoms with Crippen LogP contribution in [0.1, 0.15) is 32.5 Å². The van der Waals surface area contributed by atoms with Crippen LogP contribution in [0.25, 0.3) is 0 Å². The van der Waals surface area contributed by atoms with Crippen LogP contribution < -0.4 is 0 Å². The van der Waals surface area contributed by atoms with Gasteiger partial charge in [0.05, 0.1) is 6.54 Å². The second-order valence-electron chi connectivity index (χ2n) is 5.01. The first-order valence-electron chi connectivity index (χ1n) is 6.50. The molecule has 3 heterocycles. The van der Waals surface area contributed by atoms with E-state index >= 15 is 0 Å². The molecule has 0 spiro atoms. The Hall–Kier alpha value is -1.62. The third-order valence-electron chi connectivity index (χ3n) is 3.41. The lowest BCUT2D eigenvalue weighted by atomic mass is 10.3. The van der Waals surface area contributed by atoms with Crippen molar-refractivity contribution in [2.75, 3.05) is 7.05 Å². The fourth-order valence-corrected chi connectivity index (χ4v) is 3.37. The van der Waals surface area contributed by atoms with E-state index in [0.29, 0.717) is 12.2 Å². The van der Waals surface area contributed by atoms with Crippen LogP contribution in [0.3, 0.4) is 0 Å². The van der Waals surface area contributed by atoms with E-state index < -0.39 is 0 Å². The van der Waals surface area contributed by atoms with E-state index in [0.717, 1.165) is 25.2 Å². The standard InChI is InChI=1S/C14H17N3OS/c1-10-5-6-11(19-10)8-16(2)14(18)12-9-17-7-3-4-13(17)15-12/h5-6,9H,3-4,7-8H2,1-2H3. The van der Waals surface area contributed by atoms with E-state index in [9.17, 15) is 4.79 Å². The third kappa shape index (κ3) is 2.42. The Labute approximate surface area is 116 Å². The molecular weight excluding hydrogens is 258 g/mol. The molecule has 0 fully saturated rings. The van der Waals surface area contributed by atoms with Crippen LogP contribution in [0, 0.1) is 6.92 Å². The van der Waals surface area contributed by atoms with Gasteiger partial charge in [-0.3, -0.25) is 4.79 Å². The Bertz CT molecular complexity index is 592. The number of aromatic nitrogens is 2. The van der Waals surface area contributed by atoms with Crippen LogP contribution in [0.15, 0.2) is 18.3 Å². The summed E-state index contributed by atoms with van der Waals surface area (Å²) in [6.45, 7) is 3.72. The zero-order valence-corrected chi connectivity index (χ0v) is 12.0. The molecule has 0 N–H and O–H groups in total. The summed E-state index contributed by atoms with van der Waals surface area (Å²) in [5.74, 6) is 1.05. The molecule has 0 radical (unpaired) electrons. The zero-order chi connectivity index (χ0) is 13.4. The van der Waals surface area contributed by atoms with Gasteiger partial charge < -0.3 is 9.47 Å². The van der Waals surface area contributed by atoms with E-state index in [4.69, 9.17) is 0 Å². The van der Waals surface area contributed by atoms with Crippen LogP contribution in [0.4, 0.5) is 0 Å². The van der Waals surface area contributed by atoms with Crippen LogP contribution in [-0.2, 0) is 19.5 Å². The second kappa shape index (κ2) is 4.81. The van der Waals surface area contributed by atoms with Crippen molar-refractivity contribution < 1.29 is 4.79 Å². The molecule has 3 rings (SSSR count). The Morgan fingerprint density at radius 1 is 1.53 bits per heavy atom. The summed E-state index contributed by atoms with van der Waals surface area (Å²) < 4.78 is 2.09. The first kappa shape index (κ1) is 12.4. The lowest BCUT2D eigenvalue weighted by Crippen LogP contribution is -2.26. The highest BCUT2D eigenvalue weighted by Gasteiger charge is 2.20. The molecule has 0 saturated heterocycles. The number of carbonyl (C=O) groups is 1. The summed E-state index contributed by atoms with van der Waals surface area (Å²) >= 11 is 1.73. The third-order valence-corrected chi connectivity index (χ3v) is 4.40. The first-order valence-corrected chi connectivity index (χ1v) is 7.32. The van der Waals surface area contributed by atoms with Gasteiger partial charge in [-0.25, -0.2) is 4.98 Å². The summed E-state index contributed by atoms with van der Waals surface area (Å²) in [6.07, 6.45) is 4.02. The predicted molar refractivity (Wildman–Crippen MR) is 75.4 cm³/mol. The molecule has 1 aliphatic rings. The van der Waals surface area contributed by atoms with Crippen molar-refractivity contribution in [3.05, 3.63) is 39.6 Å². The minimum atomic E-state index is 0.00736. The molecule has 0 aliphatic carbocycles. The van der Waals surface area contributed by atoms with Crippen molar-refractivity contribution in [1.29, 1.82) is 0 Å².